The Morgan fingerprint density at radius 1 is 1.36 bits per heavy atom. The summed E-state index contributed by atoms with van der Waals surface area (Å²) in [5, 5.41) is 10.2. The molecule has 1 unspecified atom stereocenters. The summed E-state index contributed by atoms with van der Waals surface area (Å²) in [6, 6.07) is 4.07. The summed E-state index contributed by atoms with van der Waals surface area (Å²) in [7, 11) is 0. The zero-order valence-corrected chi connectivity index (χ0v) is 14.1. The van der Waals surface area contributed by atoms with Crippen LogP contribution in [0, 0.1) is 19.8 Å². The number of aromatic nitrogens is 1. The summed E-state index contributed by atoms with van der Waals surface area (Å²) in [6.45, 7) is 10.4. The quantitative estimate of drug-likeness (QED) is 0.911. The second-order valence-electron chi connectivity index (χ2n) is 7.19. The number of rotatable bonds is 2. The number of hydrogen-bond acceptors (Lipinski definition) is 4. The van der Waals surface area contributed by atoms with Gasteiger partial charge in [0.25, 0.3) is 0 Å². The van der Waals surface area contributed by atoms with Crippen LogP contribution in [0.2, 0.25) is 0 Å². The second-order valence-corrected chi connectivity index (χ2v) is 7.19. The van der Waals surface area contributed by atoms with Gasteiger partial charge in [0.05, 0.1) is 12.6 Å². The maximum atomic E-state index is 12.1. The van der Waals surface area contributed by atoms with Crippen molar-refractivity contribution in [2.45, 2.75) is 52.7 Å². The molecule has 2 rings (SSSR count). The van der Waals surface area contributed by atoms with E-state index in [1.165, 1.54) is 5.56 Å². The molecule has 1 fully saturated rings. The lowest BCUT2D eigenvalue weighted by Gasteiger charge is -2.24. The standard InChI is InChI=1S/C17H26N2O3/c1-11-6-12(2)18-14(7-11)8-13-9-19(10-15(13)20)16(21)22-17(3,4)5/h6-7,13,15,20H,8-10H2,1-5H3/t13?,15-/m1/s1. The topological polar surface area (TPSA) is 62.7 Å². The lowest BCUT2D eigenvalue weighted by molar-refractivity contribution is 0.0269. The van der Waals surface area contributed by atoms with Crippen molar-refractivity contribution >= 4 is 6.09 Å². The molecule has 1 N–H and O–H groups in total. The van der Waals surface area contributed by atoms with E-state index >= 15 is 0 Å². The van der Waals surface area contributed by atoms with E-state index in [0.29, 0.717) is 19.5 Å². The van der Waals surface area contributed by atoms with Crippen molar-refractivity contribution in [1.29, 1.82) is 0 Å². The van der Waals surface area contributed by atoms with Crippen LogP contribution in [0.15, 0.2) is 12.1 Å². The summed E-state index contributed by atoms with van der Waals surface area (Å²) in [5.41, 5.74) is 2.59. The molecular formula is C17H26N2O3. The molecule has 1 aliphatic rings. The van der Waals surface area contributed by atoms with Crippen molar-refractivity contribution in [3.8, 4) is 0 Å². The van der Waals surface area contributed by atoms with Gasteiger partial charge in [0, 0.05) is 23.9 Å². The first kappa shape index (κ1) is 16.7. The molecular weight excluding hydrogens is 280 g/mol. The Morgan fingerprint density at radius 3 is 2.64 bits per heavy atom. The third kappa shape index (κ3) is 4.44. The van der Waals surface area contributed by atoms with E-state index in [0.717, 1.165) is 11.4 Å². The first-order valence-electron chi connectivity index (χ1n) is 7.74. The molecule has 0 spiro atoms. The summed E-state index contributed by atoms with van der Waals surface area (Å²) in [4.78, 5) is 18.2. The number of aryl methyl sites for hydroxylation is 2. The number of carbonyl (C=O) groups is 1. The zero-order chi connectivity index (χ0) is 16.5. The van der Waals surface area contributed by atoms with Crippen molar-refractivity contribution in [1.82, 2.24) is 9.88 Å². The molecule has 122 valence electrons. The van der Waals surface area contributed by atoms with Gasteiger partial charge < -0.3 is 14.7 Å². The minimum atomic E-state index is -0.532. The van der Waals surface area contributed by atoms with Gasteiger partial charge >= 0.3 is 6.09 Å². The number of carbonyl (C=O) groups excluding carboxylic acids is 1. The molecule has 1 saturated heterocycles. The van der Waals surface area contributed by atoms with Crippen LogP contribution < -0.4 is 0 Å². The second kappa shape index (κ2) is 6.24. The van der Waals surface area contributed by atoms with Crippen LogP contribution in [0.3, 0.4) is 0 Å². The number of aliphatic hydroxyl groups excluding tert-OH is 1. The summed E-state index contributed by atoms with van der Waals surface area (Å²) in [5.74, 6) is 0.00113. The molecule has 22 heavy (non-hydrogen) atoms. The highest BCUT2D eigenvalue weighted by molar-refractivity contribution is 5.68. The van der Waals surface area contributed by atoms with Crippen LogP contribution in [0.4, 0.5) is 4.79 Å². The number of aliphatic hydroxyl groups is 1. The summed E-state index contributed by atoms with van der Waals surface area (Å²) < 4.78 is 5.37. The number of likely N-dealkylation sites (tertiary alicyclic amines) is 1. The molecule has 0 aromatic carbocycles. The van der Waals surface area contributed by atoms with Crippen LogP contribution in [-0.2, 0) is 11.2 Å². The molecule has 2 atom stereocenters. The maximum absolute atomic E-state index is 12.1. The average molecular weight is 306 g/mol. The van der Waals surface area contributed by atoms with Gasteiger partial charge in [-0.2, -0.15) is 0 Å². The van der Waals surface area contributed by atoms with Gasteiger partial charge in [0.15, 0.2) is 0 Å². The van der Waals surface area contributed by atoms with Gasteiger partial charge in [-0.25, -0.2) is 4.79 Å². The number of β-amino-alcohol motifs (C(OH)–C–C–N with tert-alkyl or cyclic N) is 1. The zero-order valence-electron chi connectivity index (χ0n) is 14.1. The fraction of sp³-hybridized carbons (Fsp3) is 0.647. The van der Waals surface area contributed by atoms with Crippen molar-refractivity contribution in [3.63, 3.8) is 0 Å². The van der Waals surface area contributed by atoms with E-state index in [4.69, 9.17) is 4.74 Å². The molecule has 5 heteroatoms. The van der Waals surface area contributed by atoms with E-state index in [9.17, 15) is 9.90 Å². The van der Waals surface area contributed by atoms with E-state index in [1.54, 1.807) is 4.90 Å². The third-order valence-electron chi connectivity index (χ3n) is 3.68. The Balaban J connectivity index is 2.00. The highest BCUT2D eigenvalue weighted by Gasteiger charge is 2.36. The fourth-order valence-electron chi connectivity index (χ4n) is 2.83. The van der Waals surface area contributed by atoms with E-state index in [2.05, 4.69) is 4.98 Å². The normalized spacial score (nSPS) is 22.0. The van der Waals surface area contributed by atoms with Crippen LogP contribution in [-0.4, -0.2) is 45.9 Å². The predicted octanol–water partition coefficient (Wildman–Crippen LogP) is 2.47. The molecule has 2 heterocycles. The predicted molar refractivity (Wildman–Crippen MR) is 84.7 cm³/mol. The van der Waals surface area contributed by atoms with Crippen LogP contribution >= 0.6 is 0 Å². The van der Waals surface area contributed by atoms with Crippen molar-refractivity contribution in [2.75, 3.05) is 13.1 Å². The van der Waals surface area contributed by atoms with Crippen LogP contribution in [0.1, 0.15) is 37.7 Å². The highest BCUT2D eigenvalue weighted by atomic mass is 16.6. The minimum Gasteiger partial charge on any atom is -0.444 e. The van der Waals surface area contributed by atoms with Gasteiger partial charge in [-0.1, -0.05) is 0 Å². The summed E-state index contributed by atoms with van der Waals surface area (Å²) in [6.07, 6.45) is -0.222. The number of ether oxygens (including phenoxy) is 1. The van der Waals surface area contributed by atoms with Gasteiger partial charge in [0.2, 0.25) is 0 Å². The maximum Gasteiger partial charge on any atom is 0.410 e. The Morgan fingerprint density at radius 2 is 2.05 bits per heavy atom. The monoisotopic (exact) mass is 306 g/mol. The minimum absolute atomic E-state index is 0.00113. The average Bonchev–Trinajstić information content (AvgIpc) is 2.67. The number of hydrogen-bond donors (Lipinski definition) is 1. The van der Waals surface area contributed by atoms with E-state index in [-0.39, 0.29) is 12.0 Å². The number of pyridine rings is 1. The largest absolute Gasteiger partial charge is 0.444 e. The molecule has 1 aromatic heterocycles. The lowest BCUT2D eigenvalue weighted by Crippen LogP contribution is -2.35. The van der Waals surface area contributed by atoms with Crippen LogP contribution in [0.25, 0.3) is 0 Å². The van der Waals surface area contributed by atoms with Gasteiger partial charge in [-0.15, -0.1) is 0 Å². The Bertz CT molecular complexity index is 531. The van der Waals surface area contributed by atoms with Crippen LogP contribution in [0.5, 0.6) is 0 Å². The van der Waals surface area contributed by atoms with Gasteiger partial charge in [0.1, 0.15) is 5.60 Å². The summed E-state index contributed by atoms with van der Waals surface area (Å²) >= 11 is 0. The highest BCUT2D eigenvalue weighted by Crippen LogP contribution is 2.23. The van der Waals surface area contributed by atoms with Crippen molar-refractivity contribution < 1.29 is 14.6 Å². The molecule has 5 nitrogen and oxygen atoms in total. The molecule has 0 radical (unpaired) electrons. The Kier molecular flexibility index (Phi) is 4.75. The van der Waals surface area contributed by atoms with Gasteiger partial charge in [-0.3, -0.25) is 4.98 Å². The Hall–Kier alpha value is -1.62. The Labute approximate surface area is 132 Å². The van der Waals surface area contributed by atoms with Crippen molar-refractivity contribution in [3.05, 3.63) is 29.1 Å². The van der Waals surface area contributed by atoms with E-state index < -0.39 is 11.7 Å². The van der Waals surface area contributed by atoms with Gasteiger partial charge in [-0.05, 0) is 58.7 Å². The lowest BCUT2D eigenvalue weighted by atomic mass is 9.99. The molecule has 0 bridgehead atoms. The molecule has 1 amide bonds. The fourth-order valence-corrected chi connectivity index (χ4v) is 2.83. The molecule has 1 aromatic rings. The van der Waals surface area contributed by atoms with Crippen molar-refractivity contribution in [2.24, 2.45) is 5.92 Å². The van der Waals surface area contributed by atoms with E-state index in [1.807, 2.05) is 46.8 Å². The first-order chi connectivity index (χ1) is 10.1. The molecule has 0 saturated carbocycles. The smallest absolute Gasteiger partial charge is 0.410 e. The number of nitrogens with zero attached hydrogens (tertiary/aromatic N) is 2. The SMILES string of the molecule is Cc1cc(C)nc(CC2CN(C(=O)OC(C)(C)C)C[C@H]2O)c1. The third-order valence-corrected chi connectivity index (χ3v) is 3.68. The molecule has 0 aliphatic carbocycles. The first-order valence-corrected chi connectivity index (χ1v) is 7.74. The number of amides is 1. The molecule has 1 aliphatic heterocycles.